The van der Waals surface area contributed by atoms with E-state index in [1.165, 1.54) is 12.1 Å². The highest BCUT2D eigenvalue weighted by Crippen LogP contribution is 2.24. The van der Waals surface area contributed by atoms with Crippen molar-refractivity contribution in [1.29, 1.82) is 0 Å². The van der Waals surface area contributed by atoms with Gasteiger partial charge in [0.2, 0.25) is 5.78 Å². The van der Waals surface area contributed by atoms with Crippen LogP contribution >= 0.6 is 0 Å². The van der Waals surface area contributed by atoms with Crippen LogP contribution in [-0.2, 0) is 0 Å². The molecule has 0 unspecified atom stereocenters. The number of carbonyl (C=O) groups is 2. The van der Waals surface area contributed by atoms with Crippen molar-refractivity contribution in [2.24, 2.45) is 5.73 Å². The summed E-state index contributed by atoms with van der Waals surface area (Å²) >= 11 is 0. The molecule has 5 nitrogen and oxygen atoms in total. The van der Waals surface area contributed by atoms with Crippen LogP contribution in [0.1, 0.15) is 20.8 Å². The quantitative estimate of drug-likeness (QED) is 0.819. The Morgan fingerprint density at radius 3 is 2.40 bits per heavy atom. The lowest BCUT2D eigenvalue weighted by atomic mass is 9.96. The van der Waals surface area contributed by atoms with E-state index in [1.807, 2.05) is 0 Å². The maximum Gasteiger partial charge on any atom is 0.227 e. The van der Waals surface area contributed by atoms with Crippen molar-refractivity contribution in [1.82, 2.24) is 4.98 Å². The summed E-state index contributed by atoms with van der Waals surface area (Å²) in [5.74, 6) is -0.618. The number of hydrogen-bond donors (Lipinski definition) is 2. The molecule has 1 aliphatic carbocycles. The number of phenols is 1. The van der Waals surface area contributed by atoms with Crippen molar-refractivity contribution in [3.05, 3.63) is 59.4 Å². The van der Waals surface area contributed by atoms with Crippen molar-refractivity contribution in [3.63, 3.8) is 0 Å². The lowest BCUT2D eigenvalue weighted by molar-refractivity contribution is 0.0979. The molecule has 0 amide bonds. The number of allylic oxidation sites excluding steroid dienone is 2. The van der Waals surface area contributed by atoms with Crippen LogP contribution in [0.25, 0.3) is 11.3 Å². The van der Waals surface area contributed by atoms with Crippen molar-refractivity contribution in [2.45, 2.75) is 0 Å². The zero-order valence-corrected chi connectivity index (χ0v) is 10.3. The largest absolute Gasteiger partial charge is 0.508 e. The fourth-order valence-electron chi connectivity index (χ4n) is 2.05. The highest BCUT2D eigenvalue weighted by Gasteiger charge is 2.25. The number of rotatable bonds is 1. The number of nitrogens with zero attached hydrogens (tertiary/aromatic N) is 1. The summed E-state index contributed by atoms with van der Waals surface area (Å²) in [6.45, 7) is 0. The molecular weight excluding hydrogens is 256 g/mol. The van der Waals surface area contributed by atoms with Crippen molar-refractivity contribution < 1.29 is 14.7 Å². The lowest BCUT2D eigenvalue weighted by Gasteiger charge is -2.12. The van der Waals surface area contributed by atoms with Crippen molar-refractivity contribution in [3.8, 4) is 17.0 Å². The second-order valence-electron chi connectivity index (χ2n) is 4.43. The molecule has 0 spiro atoms. The molecule has 0 aliphatic heterocycles. The molecule has 3 N–H and O–H groups in total. The van der Waals surface area contributed by atoms with Gasteiger partial charge >= 0.3 is 0 Å². The summed E-state index contributed by atoms with van der Waals surface area (Å²) in [6.07, 6.45) is 1.12. The number of Topliss-reactive ketones (excluding diaryl/α,β-unsaturated/α-hetero) is 1. The monoisotopic (exact) mass is 266 g/mol. The summed E-state index contributed by atoms with van der Waals surface area (Å²) in [6, 6.07) is 9.63. The minimum absolute atomic E-state index is 0.0700. The molecule has 0 bridgehead atoms. The Morgan fingerprint density at radius 1 is 1.00 bits per heavy atom. The molecule has 1 aromatic carbocycles. The average molecular weight is 266 g/mol. The van der Waals surface area contributed by atoms with Crippen LogP contribution in [0.15, 0.2) is 48.2 Å². The predicted octanol–water partition coefficient (Wildman–Crippen LogP) is 1.68. The molecule has 3 rings (SSSR count). The number of carbonyl (C=O) groups excluding carboxylic acids is 2. The molecular formula is C15H10N2O3. The molecule has 1 heterocycles. The van der Waals surface area contributed by atoms with Gasteiger partial charge in [-0.1, -0.05) is 0 Å². The van der Waals surface area contributed by atoms with Gasteiger partial charge < -0.3 is 10.8 Å². The van der Waals surface area contributed by atoms with E-state index in [4.69, 9.17) is 5.73 Å². The van der Waals surface area contributed by atoms with E-state index in [1.54, 1.807) is 24.3 Å². The standard InChI is InChI=1S/C15H10N2O3/c16-11-7-13(19)10-5-6-12(17-14(10)15(11)20)8-1-3-9(18)4-2-8/h1-7,18H,16H2. The third kappa shape index (κ3) is 1.85. The first-order chi connectivity index (χ1) is 9.56. The van der Waals surface area contributed by atoms with E-state index in [2.05, 4.69) is 4.98 Å². The van der Waals surface area contributed by atoms with E-state index in [9.17, 15) is 14.7 Å². The second-order valence-corrected chi connectivity index (χ2v) is 4.43. The van der Waals surface area contributed by atoms with Gasteiger partial charge in [-0.2, -0.15) is 0 Å². The first-order valence-corrected chi connectivity index (χ1v) is 5.93. The Labute approximate surface area is 114 Å². The third-order valence-corrected chi connectivity index (χ3v) is 3.09. The van der Waals surface area contributed by atoms with E-state index >= 15 is 0 Å². The second kappa shape index (κ2) is 4.31. The fourth-order valence-corrected chi connectivity index (χ4v) is 2.05. The van der Waals surface area contributed by atoms with Gasteiger partial charge in [0.1, 0.15) is 11.4 Å². The van der Waals surface area contributed by atoms with Gasteiger partial charge in [0.05, 0.1) is 17.0 Å². The molecule has 98 valence electrons. The Bertz CT molecular complexity index is 761. The number of pyridine rings is 1. The summed E-state index contributed by atoms with van der Waals surface area (Å²) in [5, 5.41) is 9.26. The van der Waals surface area contributed by atoms with Crippen LogP contribution in [0.4, 0.5) is 0 Å². The topological polar surface area (TPSA) is 93.3 Å². The number of hydrogen-bond acceptors (Lipinski definition) is 5. The Balaban J connectivity index is 2.13. The molecule has 0 atom stereocenters. The molecule has 2 aromatic rings. The third-order valence-electron chi connectivity index (χ3n) is 3.09. The first-order valence-electron chi connectivity index (χ1n) is 5.93. The van der Waals surface area contributed by atoms with Gasteiger partial charge in [-0.15, -0.1) is 0 Å². The van der Waals surface area contributed by atoms with Gasteiger partial charge in [-0.05, 0) is 36.4 Å². The van der Waals surface area contributed by atoms with E-state index in [-0.39, 0.29) is 28.5 Å². The molecule has 0 radical (unpaired) electrons. The molecule has 20 heavy (non-hydrogen) atoms. The normalized spacial score (nSPS) is 13.9. The smallest absolute Gasteiger partial charge is 0.227 e. The Hall–Kier alpha value is -2.95. The molecule has 1 aliphatic rings. The summed E-state index contributed by atoms with van der Waals surface area (Å²) < 4.78 is 0. The number of aromatic nitrogens is 1. The lowest BCUT2D eigenvalue weighted by Crippen LogP contribution is -2.23. The molecule has 5 heteroatoms. The first kappa shape index (κ1) is 12.1. The molecule has 0 saturated carbocycles. The minimum Gasteiger partial charge on any atom is -0.508 e. The highest BCUT2D eigenvalue weighted by molar-refractivity contribution is 6.23. The number of ketones is 2. The summed E-state index contributed by atoms with van der Waals surface area (Å²) in [4.78, 5) is 27.9. The predicted molar refractivity (Wildman–Crippen MR) is 72.3 cm³/mol. The van der Waals surface area contributed by atoms with Crippen molar-refractivity contribution in [2.75, 3.05) is 0 Å². The summed E-state index contributed by atoms with van der Waals surface area (Å²) in [5.41, 5.74) is 7.01. The number of benzene rings is 1. The van der Waals surface area contributed by atoms with Crippen LogP contribution in [0.3, 0.4) is 0 Å². The van der Waals surface area contributed by atoms with Gasteiger partial charge in [0.15, 0.2) is 5.78 Å². The number of phenolic OH excluding ortho intramolecular Hbond substituents is 1. The number of fused-ring (bicyclic) bond motifs is 1. The maximum absolute atomic E-state index is 12.0. The Morgan fingerprint density at radius 2 is 1.70 bits per heavy atom. The van der Waals surface area contributed by atoms with Gasteiger partial charge in [-0.25, -0.2) is 4.98 Å². The maximum atomic E-state index is 12.0. The SMILES string of the molecule is NC1=CC(=O)c2ccc(-c3ccc(O)cc3)nc2C1=O. The minimum atomic E-state index is -0.444. The van der Waals surface area contributed by atoms with E-state index in [0.29, 0.717) is 5.69 Å². The van der Waals surface area contributed by atoms with Crippen molar-refractivity contribution >= 4 is 11.6 Å². The average Bonchev–Trinajstić information content (AvgIpc) is 2.45. The summed E-state index contributed by atoms with van der Waals surface area (Å²) in [7, 11) is 0. The molecule has 1 aromatic heterocycles. The Kier molecular flexibility index (Phi) is 2.61. The van der Waals surface area contributed by atoms with Crippen LogP contribution < -0.4 is 5.73 Å². The zero-order valence-electron chi connectivity index (χ0n) is 10.3. The fraction of sp³-hybridized carbons (Fsp3) is 0. The van der Waals surface area contributed by atoms with E-state index in [0.717, 1.165) is 11.6 Å². The van der Waals surface area contributed by atoms with Gasteiger partial charge in [-0.3, -0.25) is 9.59 Å². The van der Waals surface area contributed by atoms with Gasteiger partial charge in [0.25, 0.3) is 0 Å². The molecule has 0 fully saturated rings. The zero-order chi connectivity index (χ0) is 14.3. The number of aromatic hydroxyl groups is 1. The number of nitrogens with two attached hydrogens (primary N) is 1. The van der Waals surface area contributed by atoms with Crippen LogP contribution in [-0.4, -0.2) is 21.7 Å². The van der Waals surface area contributed by atoms with Crippen LogP contribution in [0.2, 0.25) is 0 Å². The van der Waals surface area contributed by atoms with Gasteiger partial charge in [0, 0.05) is 11.6 Å². The van der Waals surface area contributed by atoms with Crippen LogP contribution in [0, 0.1) is 0 Å². The van der Waals surface area contributed by atoms with E-state index < -0.39 is 5.78 Å². The highest BCUT2D eigenvalue weighted by atomic mass is 16.3. The van der Waals surface area contributed by atoms with Crippen LogP contribution in [0.5, 0.6) is 5.75 Å². The molecule has 0 saturated heterocycles.